The Balaban J connectivity index is 2.04. The minimum absolute atomic E-state index is 0.845. The van der Waals surface area contributed by atoms with Crippen LogP contribution in [-0.2, 0) is 7.05 Å². The van der Waals surface area contributed by atoms with Gasteiger partial charge in [-0.05, 0) is 24.3 Å². The van der Waals surface area contributed by atoms with Crippen LogP contribution in [-0.4, -0.2) is 14.5 Å². The molecular weight excluding hydrogens is 236 g/mol. The average Bonchev–Trinajstić information content (AvgIpc) is 3.01. The van der Waals surface area contributed by atoms with E-state index in [0.717, 1.165) is 22.5 Å². The van der Waals surface area contributed by atoms with E-state index >= 15 is 0 Å². The maximum absolute atomic E-state index is 4.64. The predicted molar refractivity (Wildman–Crippen MR) is 74.1 cm³/mol. The highest BCUT2D eigenvalue weighted by molar-refractivity contribution is 5.78. The van der Waals surface area contributed by atoms with Gasteiger partial charge in [-0.25, -0.2) is 4.57 Å². The summed E-state index contributed by atoms with van der Waals surface area (Å²) in [5.41, 5.74) is 4.36. The lowest BCUT2D eigenvalue weighted by molar-refractivity contribution is -0.645. The van der Waals surface area contributed by atoms with Crippen LogP contribution in [0.4, 0.5) is 0 Å². The Labute approximate surface area is 109 Å². The molecule has 0 aliphatic heterocycles. The van der Waals surface area contributed by atoms with Crippen LogP contribution in [0.2, 0.25) is 0 Å². The molecule has 19 heavy (non-hydrogen) atoms. The number of H-pyrrole nitrogens is 1. The Bertz CT molecular complexity index is 852. The quantitative estimate of drug-likeness (QED) is 0.516. The molecule has 4 rings (SSSR count). The van der Waals surface area contributed by atoms with Crippen molar-refractivity contribution in [3.63, 3.8) is 0 Å². The highest BCUT2D eigenvalue weighted by Gasteiger charge is 2.17. The monoisotopic (exact) mass is 249 g/mol. The molecule has 0 aliphatic rings. The molecule has 0 atom stereocenters. The third kappa shape index (κ3) is 1.46. The maximum Gasteiger partial charge on any atom is 0.304 e. The molecule has 4 heteroatoms. The highest BCUT2D eigenvalue weighted by atomic mass is 15.2. The van der Waals surface area contributed by atoms with E-state index in [2.05, 4.69) is 31.2 Å². The van der Waals surface area contributed by atoms with Crippen LogP contribution in [0, 0.1) is 0 Å². The van der Waals surface area contributed by atoms with E-state index < -0.39 is 0 Å². The summed E-state index contributed by atoms with van der Waals surface area (Å²) in [5, 5.41) is 0. The number of benzene rings is 2. The molecule has 0 saturated heterocycles. The number of hydrogen-bond acceptors (Lipinski definition) is 1. The molecule has 92 valence electrons. The van der Waals surface area contributed by atoms with Crippen LogP contribution in [0.15, 0.2) is 54.9 Å². The molecule has 0 spiro atoms. The minimum atomic E-state index is 0.845. The van der Waals surface area contributed by atoms with Crippen LogP contribution >= 0.6 is 0 Å². The molecule has 1 N–H and O–H groups in total. The SMILES string of the molecule is C[n+]1cn(-c2nc3ccccc3[nH]2)c2ccccc21. The number of rotatable bonds is 1. The van der Waals surface area contributed by atoms with Crippen molar-refractivity contribution in [3.05, 3.63) is 54.9 Å². The van der Waals surface area contributed by atoms with Gasteiger partial charge in [0, 0.05) is 0 Å². The largest absolute Gasteiger partial charge is 0.304 e. The lowest BCUT2D eigenvalue weighted by Crippen LogP contribution is -2.25. The molecule has 2 aromatic carbocycles. The minimum Gasteiger partial charge on any atom is -0.303 e. The fourth-order valence-electron chi connectivity index (χ4n) is 2.49. The Morgan fingerprint density at radius 3 is 2.74 bits per heavy atom. The fourth-order valence-corrected chi connectivity index (χ4v) is 2.49. The number of aryl methyl sites for hydroxylation is 1. The molecule has 0 fully saturated rings. The average molecular weight is 249 g/mol. The number of fused-ring (bicyclic) bond motifs is 2. The van der Waals surface area contributed by atoms with Gasteiger partial charge in [0.2, 0.25) is 0 Å². The van der Waals surface area contributed by atoms with Crippen molar-refractivity contribution in [2.45, 2.75) is 0 Å². The Hall–Kier alpha value is -2.62. The summed E-state index contributed by atoms with van der Waals surface area (Å²) in [4.78, 5) is 8.00. The molecule has 0 saturated carbocycles. The van der Waals surface area contributed by atoms with E-state index in [1.54, 1.807) is 0 Å². The van der Waals surface area contributed by atoms with Gasteiger partial charge in [0.1, 0.15) is 0 Å². The Kier molecular flexibility index (Phi) is 2.00. The van der Waals surface area contributed by atoms with Gasteiger partial charge in [-0.2, -0.15) is 9.55 Å². The summed E-state index contributed by atoms with van der Waals surface area (Å²) in [6, 6.07) is 16.4. The summed E-state index contributed by atoms with van der Waals surface area (Å²) < 4.78 is 4.18. The van der Waals surface area contributed by atoms with Crippen LogP contribution in [0.1, 0.15) is 0 Å². The predicted octanol–water partition coefficient (Wildman–Crippen LogP) is 2.33. The summed E-state index contributed by atoms with van der Waals surface area (Å²) in [6.45, 7) is 0. The third-order valence-corrected chi connectivity index (χ3v) is 3.41. The van der Waals surface area contributed by atoms with E-state index in [9.17, 15) is 0 Å². The van der Waals surface area contributed by atoms with Gasteiger partial charge in [-0.15, -0.1) is 0 Å². The molecule has 2 aromatic heterocycles. The van der Waals surface area contributed by atoms with Gasteiger partial charge in [0.15, 0.2) is 11.0 Å². The normalized spacial score (nSPS) is 11.4. The van der Waals surface area contributed by atoms with Crippen molar-refractivity contribution >= 4 is 22.1 Å². The second-order valence-electron chi connectivity index (χ2n) is 4.66. The number of imidazole rings is 2. The van der Waals surface area contributed by atoms with Crippen molar-refractivity contribution in [1.82, 2.24) is 14.5 Å². The molecule has 2 heterocycles. The maximum atomic E-state index is 4.64. The standard InChI is InChI=1S/C15H13N4/c1-18-10-19(14-9-5-4-8-13(14)18)15-16-11-6-2-3-7-12(11)17-15/h2-10H,1H3,(H,16,17)/q+1. The summed E-state index contributed by atoms with van der Waals surface area (Å²) in [6.07, 6.45) is 2.04. The van der Waals surface area contributed by atoms with Gasteiger partial charge in [-0.3, -0.25) is 0 Å². The summed E-state index contributed by atoms with van der Waals surface area (Å²) in [7, 11) is 2.04. The van der Waals surface area contributed by atoms with E-state index in [0.29, 0.717) is 0 Å². The zero-order valence-corrected chi connectivity index (χ0v) is 10.5. The van der Waals surface area contributed by atoms with Gasteiger partial charge in [-0.1, -0.05) is 24.3 Å². The van der Waals surface area contributed by atoms with E-state index in [-0.39, 0.29) is 0 Å². The summed E-state index contributed by atoms with van der Waals surface area (Å²) >= 11 is 0. The van der Waals surface area contributed by atoms with Crippen molar-refractivity contribution < 1.29 is 4.57 Å². The first-order valence-corrected chi connectivity index (χ1v) is 6.24. The molecular formula is C15H13N4+. The van der Waals surface area contributed by atoms with E-state index in [1.165, 1.54) is 5.52 Å². The smallest absolute Gasteiger partial charge is 0.303 e. The lowest BCUT2D eigenvalue weighted by atomic mass is 10.3. The van der Waals surface area contributed by atoms with E-state index in [1.807, 2.05) is 49.8 Å². The van der Waals surface area contributed by atoms with Crippen molar-refractivity contribution in [2.75, 3.05) is 0 Å². The number of para-hydroxylation sites is 4. The second kappa shape index (κ2) is 3.68. The molecule has 0 bridgehead atoms. The molecule has 0 unspecified atom stereocenters. The third-order valence-electron chi connectivity index (χ3n) is 3.41. The second-order valence-corrected chi connectivity index (χ2v) is 4.66. The van der Waals surface area contributed by atoms with Crippen LogP contribution in [0.3, 0.4) is 0 Å². The van der Waals surface area contributed by atoms with Crippen molar-refractivity contribution in [3.8, 4) is 5.95 Å². The van der Waals surface area contributed by atoms with Gasteiger partial charge in [0.25, 0.3) is 6.33 Å². The van der Waals surface area contributed by atoms with Crippen molar-refractivity contribution in [2.24, 2.45) is 7.05 Å². The zero-order chi connectivity index (χ0) is 12.8. The van der Waals surface area contributed by atoms with Gasteiger partial charge >= 0.3 is 5.95 Å². The number of nitrogens with zero attached hydrogens (tertiary/aromatic N) is 3. The number of aromatic nitrogens is 4. The lowest BCUT2D eigenvalue weighted by Gasteiger charge is -1.89. The van der Waals surface area contributed by atoms with Crippen molar-refractivity contribution in [1.29, 1.82) is 0 Å². The van der Waals surface area contributed by atoms with Crippen LogP contribution in [0.25, 0.3) is 28.0 Å². The van der Waals surface area contributed by atoms with Crippen LogP contribution < -0.4 is 4.57 Å². The number of aromatic amines is 1. The molecule has 0 radical (unpaired) electrons. The fraction of sp³-hybridized carbons (Fsp3) is 0.0667. The number of hydrogen-bond donors (Lipinski definition) is 1. The van der Waals surface area contributed by atoms with E-state index in [4.69, 9.17) is 0 Å². The number of nitrogens with one attached hydrogen (secondary N) is 1. The molecule has 4 aromatic rings. The topological polar surface area (TPSA) is 37.5 Å². The first-order valence-electron chi connectivity index (χ1n) is 6.24. The van der Waals surface area contributed by atoms with Gasteiger partial charge in [0.05, 0.1) is 18.1 Å². The summed E-state index contributed by atoms with van der Waals surface area (Å²) in [5.74, 6) is 0.845. The van der Waals surface area contributed by atoms with Gasteiger partial charge < -0.3 is 4.98 Å². The molecule has 0 aliphatic carbocycles. The first-order chi connectivity index (χ1) is 9.33. The Morgan fingerprint density at radius 2 is 1.84 bits per heavy atom. The first kappa shape index (κ1) is 10.3. The van der Waals surface area contributed by atoms with Crippen LogP contribution in [0.5, 0.6) is 0 Å². The molecule has 0 amide bonds. The Morgan fingerprint density at radius 1 is 1.05 bits per heavy atom. The highest BCUT2D eigenvalue weighted by Crippen LogP contribution is 2.17. The zero-order valence-electron chi connectivity index (χ0n) is 10.5. The molecule has 4 nitrogen and oxygen atoms in total.